The molecule has 0 saturated carbocycles. The van der Waals surface area contributed by atoms with E-state index < -0.39 is 0 Å². The number of aliphatic hydroxyl groups is 1. The molecule has 2 N–H and O–H groups in total. The predicted molar refractivity (Wildman–Crippen MR) is 72.9 cm³/mol. The zero-order valence-corrected chi connectivity index (χ0v) is 11.0. The van der Waals surface area contributed by atoms with Gasteiger partial charge in [0.05, 0.1) is 6.10 Å². The Bertz CT molecular complexity index is 284. The third-order valence-electron chi connectivity index (χ3n) is 3.01. The van der Waals surface area contributed by atoms with Crippen molar-refractivity contribution in [2.45, 2.75) is 58.2 Å². The first-order valence-corrected chi connectivity index (χ1v) is 6.67. The van der Waals surface area contributed by atoms with Crippen molar-refractivity contribution in [3.63, 3.8) is 0 Å². The van der Waals surface area contributed by atoms with Crippen LogP contribution < -0.4 is 5.32 Å². The summed E-state index contributed by atoms with van der Waals surface area (Å²) in [6, 6.07) is 11.0. The average molecular weight is 235 g/mol. The molecule has 0 spiro atoms. The van der Waals surface area contributed by atoms with E-state index in [1.807, 2.05) is 13.0 Å². The fraction of sp³-hybridized carbons (Fsp3) is 0.600. The van der Waals surface area contributed by atoms with Crippen molar-refractivity contribution in [1.82, 2.24) is 5.32 Å². The lowest BCUT2D eigenvalue weighted by molar-refractivity contribution is 0.175. The van der Waals surface area contributed by atoms with Gasteiger partial charge in [-0.25, -0.2) is 0 Å². The van der Waals surface area contributed by atoms with Crippen LogP contribution in [0.3, 0.4) is 0 Å². The highest BCUT2D eigenvalue weighted by atomic mass is 16.3. The molecular weight excluding hydrogens is 210 g/mol. The standard InChI is InChI=1S/C15H25NO/c1-3-7-15(11-10-13(2)17)16-12-14-8-5-4-6-9-14/h4-6,8-9,13,15-17H,3,7,10-12H2,1-2H3. The van der Waals surface area contributed by atoms with Gasteiger partial charge in [-0.15, -0.1) is 0 Å². The SMILES string of the molecule is CCCC(CCC(C)O)NCc1ccccc1. The normalized spacial score (nSPS) is 14.5. The molecule has 1 rings (SSSR count). The van der Waals surface area contributed by atoms with E-state index in [9.17, 15) is 5.11 Å². The summed E-state index contributed by atoms with van der Waals surface area (Å²) >= 11 is 0. The summed E-state index contributed by atoms with van der Waals surface area (Å²) < 4.78 is 0. The molecule has 0 aliphatic carbocycles. The van der Waals surface area contributed by atoms with E-state index in [1.54, 1.807) is 0 Å². The van der Waals surface area contributed by atoms with E-state index in [4.69, 9.17) is 0 Å². The maximum atomic E-state index is 9.33. The zero-order valence-electron chi connectivity index (χ0n) is 11.0. The van der Waals surface area contributed by atoms with Crippen molar-refractivity contribution >= 4 is 0 Å². The molecular formula is C15H25NO. The Balaban J connectivity index is 2.33. The molecule has 0 fully saturated rings. The van der Waals surface area contributed by atoms with Crippen LogP contribution in [0.5, 0.6) is 0 Å². The molecule has 0 bridgehead atoms. The Morgan fingerprint density at radius 3 is 2.41 bits per heavy atom. The molecule has 2 unspecified atom stereocenters. The van der Waals surface area contributed by atoms with Gasteiger partial charge in [0.1, 0.15) is 0 Å². The van der Waals surface area contributed by atoms with Crippen LogP contribution in [0, 0.1) is 0 Å². The number of aliphatic hydroxyl groups excluding tert-OH is 1. The van der Waals surface area contributed by atoms with Crippen molar-refractivity contribution in [3.05, 3.63) is 35.9 Å². The second-order valence-electron chi connectivity index (χ2n) is 4.78. The van der Waals surface area contributed by atoms with Crippen LogP contribution >= 0.6 is 0 Å². The monoisotopic (exact) mass is 235 g/mol. The summed E-state index contributed by atoms with van der Waals surface area (Å²) in [5.41, 5.74) is 1.32. The Labute approximate surface area is 105 Å². The first-order valence-electron chi connectivity index (χ1n) is 6.67. The Hall–Kier alpha value is -0.860. The molecule has 0 aromatic heterocycles. The highest BCUT2D eigenvalue weighted by molar-refractivity contribution is 5.14. The average Bonchev–Trinajstić information content (AvgIpc) is 2.34. The highest BCUT2D eigenvalue weighted by Gasteiger charge is 2.08. The molecule has 2 atom stereocenters. The van der Waals surface area contributed by atoms with E-state index in [0.29, 0.717) is 6.04 Å². The largest absolute Gasteiger partial charge is 0.393 e. The molecule has 0 saturated heterocycles. The van der Waals surface area contributed by atoms with Gasteiger partial charge < -0.3 is 10.4 Å². The number of hydrogen-bond acceptors (Lipinski definition) is 2. The summed E-state index contributed by atoms with van der Waals surface area (Å²) in [6.45, 7) is 4.99. The maximum Gasteiger partial charge on any atom is 0.0512 e. The smallest absolute Gasteiger partial charge is 0.0512 e. The van der Waals surface area contributed by atoms with E-state index in [0.717, 1.165) is 19.4 Å². The van der Waals surface area contributed by atoms with Gasteiger partial charge in [-0.2, -0.15) is 0 Å². The van der Waals surface area contributed by atoms with Crippen molar-refractivity contribution < 1.29 is 5.11 Å². The zero-order chi connectivity index (χ0) is 12.5. The highest BCUT2D eigenvalue weighted by Crippen LogP contribution is 2.08. The topological polar surface area (TPSA) is 32.3 Å². The van der Waals surface area contributed by atoms with Crippen molar-refractivity contribution in [2.24, 2.45) is 0 Å². The van der Waals surface area contributed by atoms with Crippen LogP contribution in [0.1, 0.15) is 45.1 Å². The maximum absolute atomic E-state index is 9.33. The molecule has 0 amide bonds. The van der Waals surface area contributed by atoms with Crippen LogP contribution in [0.25, 0.3) is 0 Å². The minimum absolute atomic E-state index is 0.187. The number of nitrogens with one attached hydrogen (secondary N) is 1. The van der Waals surface area contributed by atoms with E-state index in [-0.39, 0.29) is 6.10 Å². The molecule has 17 heavy (non-hydrogen) atoms. The van der Waals surface area contributed by atoms with E-state index in [2.05, 4.69) is 36.5 Å². The Morgan fingerprint density at radius 1 is 1.12 bits per heavy atom. The summed E-state index contributed by atoms with van der Waals surface area (Å²) in [5.74, 6) is 0. The van der Waals surface area contributed by atoms with Crippen LogP contribution in [-0.2, 0) is 6.54 Å². The van der Waals surface area contributed by atoms with Gasteiger partial charge in [-0.3, -0.25) is 0 Å². The third-order valence-corrected chi connectivity index (χ3v) is 3.01. The van der Waals surface area contributed by atoms with Gasteiger partial charge in [-0.05, 0) is 31.7 Å². The Morgan fingerprint density at radius 2 is 1.82 bits per heavy atom. The number of rotatable bonds is 8. The quantitative estimate of drug-likeness (QED) is 0.725. The summed E-state index contributed by atoms with van der Waals surface area (Å²) in [7, 11) is 0. The summed E-state index contributed by atoms with van der Waals surface area (Å²) in [6.07, 6.45) is 4.12. The predicted octanol–water partition coefficient (Wildman–Crippen LogP) is 3.11. The number of hydrogen-bond donors (Lipinski definition) is 2. The lowest BCUT2D eigenvalue weighted by atomic mass is 10.0. The lowest BCUT2D eigenvalue weighted by Gasteiger charge is -2.19. The second kappa shape index (κ2) is 8.26. The molecule has 2 nitrogen and oxygen atoms in total. The molecule has 96 valence electrons. The van der Waals surface area contributed by atoms with Gasteiger partial charge in [0.2, 0.25) is 0 Å². The van der Waals surface area contributed by atoms with Gasteiger partial charge in [-0.1, -0.05) is 43.7 Å². The van der Waals surface area contributed by atoms with Gasteiger partial charge in [0.25, 0.3) is 0 Å². The lowest BCUT2D eigenvalue weighted by Crippen LogP contribution is -2.29. The second-order valence-corrected chi connectivity index (χ2v) is 4.78. The Kier molecular flexibility index (Phi) is 6.90. The fourth-order valence-corrected chi connectivity index (χ4v) is 2.00. The van der Waals surface area contributed by atoms with Crippen molar-refractivity contribution in [3.8, 4) is 0 Å². The van der Waals surface area contributed by atoms with Crippen molar-refractivity contribution in [1.29, 1.82) is 0 Å². The minimum Gasteiger partial charge on any atom is -0.393 e. The molecule has 2 heteroatoms. The summed E-state index contributed by atoms with van der Waals surface area (Å²) in [5, 5.41) is 12.9. The molecule has 0 aliphatic rings. The van der Waals surface area contributed by atoms with Gasteiger partial charge in [0, 0.05) is 12.6 Å². The van der Waals surface area contributed by atoms with Gasteiger partial charge >= 0.3 is 0 Å². The van der Waals surface area contributed by atoms with E-state index >= 15 is 0 Å². The van der Waals surface area contributed by atoms with Crippen LogP contribution in [0.2, 0.25) is 0 Å². The first-order chi connectivity index (χ1) is 8.22. The van der Waals surface area contributed by atoms with Gasteiger partial charge in [0.15, 0.2) is 0 Å². The van der Waals surface area contributed by atoms with Crippen LogP contribution in [0.4, 0.5) is 0 Å². The van der Waals surface area contributed by atoms with Crippen molar-refractivity contribution in [2.75, 3.05) is 0 Å². The minimum atomic E-state index is -0.187. The molecule has 0 aliphatic heterocycles. The van der Waals surface area contributed by atoms with Crippen LogP contribution in [0.15, 0.2) is 30.3 Å². The molecule has 0 radical (unpaired) electrons. The fourth-order valence-electron chi connectivity index (χ4n) is 2.00. The van der Waals surface area contributed by atoms with Crippen LogP contribution in [-0.4, -0.2) is 17.3 Å². The molecule has 1 aromatic carbocycles. The first kappa shape index (κ1) is 14.2. The molecule has 0 heterocycles. The summed E-state index contributed by atoms with van der Waals surface area (Å²) in [4.78, 5) is 0. The van der Waals surface area contributed by atoms with E-state index in [1.165, 1.54) is 18.4 Å². The third kappa shape index (κ3) is 6.44. The molecule has 1 aromatic rings. The number of benzene rings is 1.